The number of benzene rings is 2. The summed E-state index contributed by atoms with van der Waals surface area (Å²) in [7, 11) is 2.15. The van der Waals surface area contributed by atoms with E-state index < -0.39 is 0 Å². The summed E-state index contributed by atoms with van der Waals surface area (Å²) in [5.41, 5.74) is 10.5. The largest absolute Gasteiger partial charge is 0.399 e. The van der Waals surface area contributed by atoms with E-state index in [4.69, 9.17) is 5.73 Å². The number of nitrogen functional groups attached to an aromatic ring is 1. The van der Waals surface area contributed by atoms with Gasteiger partial charge in [0.2, 0.25) is 0 Å². The first kappa shape index (κ1) is 13.6. The van der Waals surface area contributed by atoms with Gasteiger partial charge < -0.3 is 5.73 Å². The monoisotopic (exact) mass is 254 g/mol. The van der Waals surface area contributed by atoms with Crippen LogP contribution in [0.4, 0.5) is 5.69 Å². The predicted octanol–water partition coefficient (Wildman–Crippen LogP) is 3.77. The van der Waals surface area contributed by atoms with E-state index in [0.29, 0.717) is 6.04 Å². The second-order valence-electron chi connectivity index (χ2n) is 5.25. The molecule has 2 aromatic rings. The minimum atomic E-state index is 0.391. The maximum Gasteiger partial charge on any atom is 0.0320 e. The molecule has 1 atom stereocenters. The molecule has 0 spiro atoms. The third-order valence-electron chi connectivity index (χ3n) is 3.60. The van der Waals surface area contributed by atoms with Crippen LogP contribution in [0.25, 0.3) is 0 Å². The summed E-state index contributed by atoms with van der Waals surface area (Å²) >= 11 is 0. The zero-order chi connectivity index (χ0) is 13.8. The molecule has 19 heavy (non-hydrogen) atoms. The summed E-state index contributed by atoms with van der Waals surface area (Å²) in [4.78, 5) is 2.33. The van der Waals surface area contributed by atoms with Crippen LogP contribution in [0.5, 0.6) is 0 Å². The van der Waals surface area contributed by atoms with E-state index in [1.54, 1.807) is 0 Å². The maximum absolute atomic E-state index is 5.82. The van der Waals surface area contributed by atoms with E-state index >= 15 is 0 Å². The van der Waals surface area contributed by atoms with Crippen LogP contribution in [-0.4, -0.2) is 11.9 Å². The van der Waals surface area contributed by atoms with Gasteiger partial charge in [0.05, 0.1) is 0 Å². The van der Waals surface area contributed by atoms with Gasteiger partial charge in [-0.05, 0) is 44.2 Å². The van der Waals surface area contributed by atoms with Gasteiger partial charge in [0, 0.05) is 18.3 Å². The van der Waals surface area contributed by atoms with Crippen LogP contribution in [0, 0.1) is 6.92 Å². The van der Waals surface area contributed by atoms with Crippen LogP contribution in [0.15, 0.2) is 48.5 Å². The number of nitrogens with two attached hydrogens (primary N) is 1. The zero-order valence-corrected chi connectivity index (χ0v) is 11.9. The Bertz CT molecular complexity index is 531. The Morgan fingerprint density at radius 2 is 1.79 bits per heavy atom. The van der Waals surface area contributed by atoms with Crippen LogP contribution in [0.2, 0.25) is 0 Å². The molecule has 0 bridgehead atoms. The van der Waals surface area contributed by atoms with Gasteiger partial charge in [0.15, 0.2) is 0 Å². The molecule has 2 rings (SSSR count). The Balaban J connectivity index is 2.07. The molecule has 0 aliphatic rings. The molecule has 1 unspecified atom stereocenters. The van der Waals surface area contributed by atoms with Crippen LogP contribution < -0.4 is 5.73 Å². The summed E-state index contributed by atoms with van der Waals surface area (Å²) in [6.07, 6.45) is 0. The molecule has 2 N–H and O–H groups in total. The first-order valence-corrected chi connectivity index (χ1v) is 6.67. The summed E-state index contributed by atoms with van der Waals surface area (Å²) in [6.45, 7) is 5.25. The lowest BCUT2D eigenvalue weighted by atomic mass is 10.0. The van der Waals surface area contributed by atoms with Crippen LogP contribution in [0.1, 0.15) is 29.7 Å². The van der Waals surface area contributed by atoms with E-state index in [-0.39, 0.29) is 0 Å². The molecule has 0 saturated carbocycles. The molecule has 0 fully saturated rings. The lowest BCUT2D eigenvalue weighted by Crippen LogP contribution is -2.21. The van der Waals surface area contributed by atoms with Crippen molar-refractivity contribution in [2.45, 2.75) is 26.4 Å². The Hall–Kier alpha value is -1.80. The molecule has 2 nitrogen and oxygen atoms in total. The van der Waals surface area contributed by atoms with Gasteiger partial charge in [-0.1, -0.05) is 42.0 Å². The fourth-order valence-corrected chi connectivity index (χ4v) is 2.22. The third kappa shape index (κ3) is 3.58. The van der Waals surface area contributed by atoms with Crippen molar-refractivity contribution < 1.29 is 0 Å². The second-order valence-corrected chi connectivity index (χ2v) is 5.25. The van der Waals surface area contributed by atoms with Gasteiger partial charge in [0.25, 0.3) is 0 Å². The normalized spacial score (nSPS) is 12.6. The summed E-state index contributed by atoms with van der Waals surface area (Å²) in [5, 5.41) is 0. The number of rotatable bonds is 4. The molecule has 100 valence electrons. The van der Waals surface area contributed by atoms with Crippen molar-refractivity contribution in [3.05, 3.63) is 65.2 Å². The Kier molecular flexibility index (Phi) is 4.23. The smallest absolute Gasteiger partial charge is 0.0320 e. The van der Waals surface area contributed by atoms with Gasteiger partial charge in [-0.2, -0.15) is 0 Å². The van der Waals surface area contributed by atoms with Crippen LogP contribution >= 0.6 is 0 Å². The summed E-state index contributed by atoms with van der Waals surface area (Å²) in [5.74, 6) is 0. The molecule has 0 heterocycles. The van der Waals surface area contributed by atoms with E-state index in [1.165, 1.54) is 16.7 Å². The van der Waals surface area contributed by atoms with Gasteiger partial charge in [-0.25, -0.2) is 0 Å². The molecule has 0 aliphatic carbocycles. The topological polar surface area (TPSA) is 29.3 Å². The van der Waals surface area contributed by atoms with Crippen molar-refractivity contribution in [1.82, 2.24) is 4.90 Å². The summed E-state index contributed by atoms with van der Waals surface area (Å²) in [6, 6.07) is 17.2. The summed E-state index contributed by atoms with van der Waals surface area (Å²) < 4.78 is 0. The lowest BCUT2D eigenvalue weighted by Gasteiger charge is -2.25. The number of hydrogen-bond donors (Lipinski definition) is 1. The molecule has 2 aromatic carbocycles. The standard InChI is InChI=1S/C17H22N2/c1-13-7-9-16(10-8-13)14(2)19(3)12-15-5-4-6-17(18)11-15/h4-11,14H,12,18H2,1-3H3. The highest BCUT2D eigenvalue weighted by Crippen LogP contribution is 2.21. The van der Waals surface area contributed by atoms with Crippen molar-refractivity contribution in [2.24, 2.45) is 0 Å². The van der Waals surface area contributed by atoms with E-state index in [2.05, 4.69) is 56.1 Å². The first-order chi connectivity index (χ1) is 9.06. The number of hydrogen-bond acceptors (Lipinski definition) is 2. The minimum absolute atomic E-state index is 0.391. The highest BCUT2D eigenvalue weighted by Gasteiger charge is 2.11. The Morgan fingerprint density at radius 1 is 1.11 bits per heavy atom. The number of aryl methyl sites for hydroxylation is 1. The fourth-order valence-electron chi connectivity index (χ4n) is 2.22. The average molecular weight is 254 g/mol. The van der Waals surface area contributed by atoms with Gasteiger partial charge in [-0.15, -0.1) is 0 Å². The molecule has 2 heteroatoms. The third-order valence-corrected chi connectivity index (χ3v) is 3.60. The Morgan fingerprint density at radius 3 is 2.42 bits per heavy atom. The molecular formula is C17H22N2. The first-order valence-electron chi connectivity index (χ1n) is 6.67. The van der Waals surface area contributed by atoms with E-state index in [0.717, 1.165) is 12.2 Å². The molecule has 0 aliphatic heterocycles. The molecule has 0 radical (unpaired) electrons. The SMILES string of the molecule is Cc1ccc(C(C)N(C)Cc2cccc(N)c2)cc1. The fraction of sp³-hybridized carbons (Fsp3) is 0.294. The number of anilines is 1. The maximum atomic E-state index is 5.82. The van der Waals surface area contributed by atoms with Crippen molar-refractivity contribution in [1.29, 1.82) is 0 Å². The molecule has 0 amide bonds. The molecular weight excluding hydrogens is 232 g/mol. The average Bonchev–Trinajstić information content (AvgIpc) is 2.39. The van der Waals surface area contributed by atoms with Crippen molar-refractivity contribution in [3.63, 3.8) is 0 Å². The van der Waals surface area contributed by atoms with Gasteiger partial charge in [-0.3, -0.25) is 4.90 Å². The quantitative estimate of drug-likeness (QED) is 0.842. The van der Waals surface area contributed by atoms with Crippen molar-refractivity contribution in [3.8, 4) is 0 Å². The zero-order valence-electron chi connectivity index (χ0n) is 11.9. The van der Waals surface area contributed by atoms with Gasteiger partial charge in [0.1, 0.15) is 0 Å². The second kappa shape index (κ2) is 5.89. The van der Waals surface area contributed by atoms with Crippen LogP contribution in [0.3, 0.4) is 0 Å². The van der Waals surface area contributed by atoms with Gasteiger partial charge >= 0.3 is 0 Å². The lowest BCUT2D eigenvalue weighted by molar-refractivity contribution is 0.253. The van der Waals surface area contributed by atoms with Crippen molar-refractivity contribution >= 4 is 5.69 Å². The van der Waals surface area contributed by atoms with E-state index in [9.17, 15) is 0 Å². The number of nitrogens with zero attached hydrogens (tertiary/aromatic N) is 1. The molecule has 0 aromatic heterocycles. The Labute approximate surface area is 115 Å². The van der Waals surface area contributed by atoms with Crippen LogP contribution in [-0.2, 0) is 6.54 Å². The van der Waals surface area contributed by atoms with E-state index in [1.807, 2.05) is 18.2 Å². The minimum Gasteiger partial charge on any atom is -0.399 e. The molecule has 0 saturated heterocycles. The highest BCUT2D eigenvalue weighted by molar-refractivity contribution is 5.40. The van der Waals surface area contributed by atoms with Crippen molar-refractivity contribution in [2.75, 3.05) is 12.8 Å². The predicted molar refractivity (Wildman–Crippen MR) is 81.9 cm³/mol. The highest BCUT2D eigenvalue weighted by atomic mass is 15.1.